The van der Waals surface area contributed by atoms with Gasteiger partial charge in [-0.1, -0.05) is 19.3 Å². The minimum Gasteiger partial charge on any atom is -0.481 e. The van der Waals surface area contributed by atoms with Crippen molar-refractivity contribution in [1.82, 2.24) is 0 Å². The van der Waals surface area contributed by atoms with Gasteiger partial charge in [0.2, 0.25) is 0 Å². The van der Waals surface area contributed by atoms with Gasteiger partial charge in [-0.25, -0.2) is 0 Å². The van der Waals surface area contributed by atoms with E-state index in [1.807, 2.05) is 0 Å². The highest BCUT2D eigenvalue weighted by atomic mass is 16.7. The van der Waals surface area contributed by atoms with Gasteiger partial charge in [0, 0.05) is 38.9 Å². The van der Waals surface area contributed by atoms with Gasteiger partial charge >= 0.3 is 5.97 Å². The number of hydrogen-bond acceptors (Lipinski definition) is 4. The van der Waals surface area contributed by atoms with Crippen LogP contribution in [0.3, 0.4) is 0 Å². The van der Waals surface area contributed by atoms with Gasteiger partial charge in [0.1, 0.15) is 6.29 Å². The zero-order valence-corrected chi connectivity index (χ0v) is 12.5. The Hall–Kier alpha value is -0.940. The number of ether oxygens (including phenoxy) is 2. The van der Waals surface area contributed by atoms with E-state index in [9.17, 15) is 9.59 Å². The standard InChI is InChI=1S/C15H26O5/c1-19-15(20-2)10-9-12(11-16)13(15)7-5-3-4-6-8-14(17)18/h11-13H,3-10H2,1-2H3,(H,17,18). The van der Waals surface area contributed by atoms with Crippen molar-refractivity contribution in [2.24, 2.45) is 11.8 Å². The zero-order valence-electron chi connectivity index (χ0n) is 12.5. The number of carbonyl (C=O) groups is 2. The molecule has 0 aromatic heterocycles. The number of rotatable bonds is 10. The quantitative estimate of drug-likeness (QED) is 0.380. The highest BCUT2D eigenvalue weighted by Crippen LogP contribution is 2.45. The van der Waals surface area contributed by atoms with Gasteiger partial charge in [0.25, 0.3) is 0 Å². The van der Waals surface area contributed by atoms with Crippen molar-refractivity contribution in [2.45, 2.75) is 57.2 Å². The van der Waals surface area contributed by atoms with Crippen LogP contribution in [0.1, 0.15) is 51.4 Å². The first-order valence-electron chi connectivity index (χ1n) is 7.37. The second-order valence-corrected chi connectivity index (χ2v) is 5.51. The molecule has 0 aliphatic heterocycles. The Labute approximate surface area is 120 Å². The van der Waals surface area contributed by atoms with Crippen molar-refractivity contribution >= 4 is 12.3 Å². The summed E-state index contributed by atoms with van der Waals surface area (Å²) in [5, 5.41) is 8.57. The maximum absolute atomic E-state index is 11.2. The first-order chi connectivity index (χ1) is 9.59. The van der Waals surface area contributed by atoms with E-state index < -0.39 is 11.8 Å². The van der Waals surface area contributed by atoms with Crippen molar-refractivity contribution < 1.29 is 24.2 Å². The van der Waals surface area contributed by atoms with Gasteiger partial charge in [-0.2, -0.15) is 0 Å². The maximum Gasteiger partial charge on any atom is 0.303 e. The fourth-order valence-corrected chi connectivity index (χ4v) is 3.26. The Bertz CT molecular complexity index is 311. The van der Waals surface area contributed by atoms with Crippen LogP contribution in [0.25, 0.3) is 0 Å². The molecule has 0 spiro atoms. The van der Waals surface area contributed by atoms with Crippen molar-refractivity contribution in [3.8, 4) is 0 Å². The Morgan fingerprint density at radius 1 is 1.25 bits per heavy atom. The molecular weight excluding hydrogens is 260 g/mol. The molecular formula is C15H26O5. The summed E-state index contributed by atoms with van der Waals surface area (Å²) >= 11 is 0. The zero-order chi connectivity index (χ0) is 15.0. The van der Waals surface area contributed by atoms with Gasteiger partial charge in [-0.3, -0.25) is 4.79 Å². The summed E-state index contributed by atoms with van der Waals surface area (Å²) in [6, 6.07) is 0. The third-order valence-corrected chi connectivity index (χ3v) is 4.43. The number of aldehydes is 1. The average molecular weight is 286 g/mol. The second-order valence-electron chi connectivity index (χ2n) is 5.51. The summed E-state index contributed by atoms with van der Waals surface area (Å²) in [5.74, 6) is -1.24. The maximum atomic E-state index is 11.2. The number of carboxylic acids is 1. The van der Waals surface area contributed by atoms with Crippen molar-refractivity contribution in [3.63, 3.8) is 0 Å². The molecule has 1 fully saturated rings. The molecule has 0 bridgehead atoms. The van der Waals surface area contributed by atoms with Crippen molar-refractivity contribution in [3.05, 3.63) is 0 Å². The number of hydrogen-bond donors (Lipinski definition) is 1. The molecule has 1 aliphatic rings. The molecule has 0 radical (unpaired) electrons. The molecule has 1 aliphatic carbocycles. The third-order valence-electron chi connectivity index (χ3n) is 4.43. The number of aliphatic carboxylic acids is 1. The Morgan fingerprint density at radius 3 is 2.45 bits per heavy atom. The summed E-state index contributed by atoms with van der Waals surface area (Å²) in [6.45, 7) is 0. The average Bonchev–Trinajstić information content (AvgIpc) is 2.80. The lowest BCUT2D eigenvalue weighted by atomic mass is 9.88. The van der Waals surface area contributed by atoms with Crippen molar-refractivity contribution in [1.29, 1.82) is 0 Å². The summed E-state index contributed by atoms with van der Waals surface area (Å²) in [4.78, 5) is 21.6. The smallest absolute Gasteiger partial charge is 0.303 e. The Balaban J connectivity index is 2.38. The van der Waals surface area contributed by atoms with E-state index in [-0.39, 0.29) is 18.3 Å². The topological polar surface area (TPSA) is 72.8 Å². The highest BCUT2D eigenvalue weighted by molar-refractivity contribution is 5.66. The van der Waals surface area contributed by atoms with Gasteiger partial charge in [0.15, 0.2) is 5.79 Å². The van der Waals surface area contributed by atoms with E-state index in [2.05, 4.69) is 0 Å². The number of methoxy groups -OCH3 is 2. The minimum absolute atomic E-state index is 0.00826. The molecule has 0 aromatic carbocycles. The van der Waals surface area contributed by atoms with E-state index in [1.165, 1.54) is 0 Å². The number of unbranched alkanes of at least 4 members (excludes halogenated alkanes) is 3. The predicted octanol–water partition coefficient (Wildman–Crippen LogP) is 2.63. The molecule has 1 saturated carbocycles. The SMILES string of the molecule is COC1(OC)CCC(C=O)C1CCCCCCC(=O)O. The van der Waals surface area contributed by atoms with Crippen LogP contribution in [0.2, 0.25) is 0 Å². The first kappa shape index (κ1) is 17.1. The van der Waals surface area contributed by atoms with Gasteiger partial charge in [-0.15, -0.1) is 0 Å². The molecule has 0 aromatic rings. The van der Waals surface area contributed by atoms with Crippen LogP contribution in [0.4, 0.5) is 0 Å². The Kier molecular flexibility index (Phi) is 7.16. The number of carboxylic acid groups (broad SMARTS) is 1. The van der Waals surface area contributed by atoms with Crippen LogP contribution in [-0.4, -0.2) is 37.4 Å². The lowest BCUT2D eigenvalue weighted by Gasteiger charge is -2.34. The molecule has 2 atom stereocenters. The molecule has 5 heteroatoms. The molecule has 0 saturated heterocycles. The van der Waals surface area contributed by atoms with Gasteiger partial charge in [-0.05, 0) is 19.3 Å². The van der Waals surface area contributed by atoms with E-state index >= 15 is 0 Å². The third kappa shape index (κ3) is 4.28. The molecule has 5 nitrogen and oxygen atoms in total. The lowest BCUT2D eigenvalue weighted by molar-refractivity contribution is -0.232. The summed E-state index contributed by atoms with van der Waals surface area (Å²) in [7, 11) is 3.27. The highest BCUT2D eigenvalue weighted by Gasteiger charge is 2.48. The molecule has 1 rings (SSSR count). The molecule has 116 valence electrons. The monoisotopic (exact) mass is 286 g/mol. The van der Waals surface area contributed by atoms with Crippen LogP contribution in [0.15, 0.2) is 0 Å². The second kappa shape index (κ2) is 8.37. The number of carbonyl (C=O) groups excluding carboxylic acids is 1. The van der Waals surface area contributed by atoms with E-state index in [0.29, 0.717) is 0 Å². The van der Waals surface area contributed by atoms with E-state index in [4.69, 9.17) is 14.6 Å². The lowest BCUT2D eigenvalue weighted by Crippen LogP contribution is -2.39. The normalized spacial score (nSPS) is 24.7. The van der Waals surface area contributed by atoms with Crippen molar-refractivity contribution in [2.75, 3.05) is 14.2 Å². The molecule has 0 heterocycles. The summed E-state index contributed by atoms with van der Waals surface area (Å²) in [6.07, 6.45) is 7.31. The van der Waals surface area contributed by atoms with Gasteiger partial charge < -0.3 is 19.4 Å². The van der Waals surface area contributed by atoms with Gasteiger partial charge in [0.05, 0.1) is 0 Å². The van der Waals surface area contributed by atoms with Crippen LogP contribution in [0.5, 0.6) is 0 Å². The summed E-state index contributed by atoms with van der Waals surface area (Å²) in [5.41, 5.74) is 0. The van der Waals surface area contributed by atoms with Crippen LogP contribution >= 0.6 is 0 Å². The largest absolute Gasteiger partial charge is 0.481 e. The fraction of sp³-hybridized carbons (Fsp3) is 0.867. The molecule has 20 heavy (non-hydrogen) atoms. The molecule has 2 unspecified atom stereocenters. The fourth-order valence-electron chi connectivity index (χ4n) is 3.26. The Morgan fingerprint density at radius 2 is 1.90 bits per heavy atom. The summed E-state index contributed by atoms with van der Waals surface area (Å²) < 4.78 is 11.1. The van der Waals surface area contributed by atoms with Crippen LogP contribution in [-0.2, 0) is 19.1 Å². The first-order valence-corrected chi connectivity index (χ1v) is 7.37. The van der Waals surface area contributed by atoms with E-state index in [1.54, 1.807) is 14.2 Å². The van der Waals surface area contributed by atoms with Crippen LogP contribution < -0.4 is 0 Å². The van der Waals surface area contributed by atoms with Crippen LogP contribution in [0, 0.1) is 11.8 Å². The minimum atomic E-state index is -0.736. The predicted molar refractivity (Wildman–Crippen MR) is 74.4 cm³/mol. The molecule has 0 amide bonds. The molecule has 1 N–H and O–H groups in total. The van der Waals surface area contributed by atoms with E-state index in [0.717, 1.165) is 51.2 Å².